The third kappa shape index (κ3) is 5.36. The Morgan fingerprint density at radius 2 is 1.73 bits per heavy atom. The molecule has 1 heterocycles. The van der Waals surface area contributed by atoms with Crippen LogP contribution in [0, 0.1) is 5.92 Å². The van der Waals surface area contributed by atoms with Crippen molar-refractivity contribution >= 4 is 29.3 Å². The topological polar surface area (TPSA) is 49.4 Å². The first-order valence-corrected chi connectivity index (χ1v) is 10.0. The maximum absolute atomic E-state index is 12.5. The summed E-state index contributed by atoms with van der Waals surface area (Å²) in [6.07, 6.45) is 2.22. The number of para-hydroxylation sites is 1. The van der Waals surface area contributed by atoms with Crippen LogP contribution in [0.3, 0.4) is 0 Å². The lowest BCUT2D eigenvalue weighted by molar-refractivity contribution is -0.134. The maximum Gasteiger partial charge on any atom is 0.229 e. The molecule has 1 N–H and O–H groups in total. The second kappa shape index (κ2) is 9.43. The van der Waals surface area contributed by atoms with E-state index in [1.807, 2.05) is 53.4 Å². The molecule has 4 nitrogen and oxygen atoms in total. The summed E-state index contributed by atoms with van der Waals surface area (Å²) in [5, 5.41) is 2.95. The second-order valence-corrected chi connectivity index (χ2v) is 7.61. The van der Waals surface area contributed by atoms with Gasteiger partial charge in [0.2, 0.25) is 11.8 Å². The van der Waals surface area contributed by atoms with E-state index in [-0.39, 0.29) is 17.7 Å². The number of rotatable bonds is 6. The highest BCUT2D eigenvalue weighted by atomic mass is 32.2. The molecule has 0 saturated carbocycles. The Morgan fingerprint density at radius 1 is 1.04 bits per heavy atom. The van der Waals surface area contributed by atoms with Gasteiger partial charge in [-0.2, -0.15) is 0 Å². The minimum Gasteiger partial charge on any atom is -0.342 e. The van der Waals surface area contributed by atoms with Gasteiger partial charge in [0, 0.05) is 35.8 Å². The van der Waals surface area contributed by atoms with Crippen LogP contribution in [-0.4, -0.2) is 35.6 Å². The molecule has 1 fully saturated rings. The number of nitrogens with one attached hydrogen (secondary N) is 1. The van der Waals surface area contributed by atoms with E-state index in [9.17, 15) is 9.59 Å². The highest BCUT2D eigenvalue weighted by molar-refractivity contribution is 7.99. The van der Waals surface area contributed by atoms with E-state index in [4.69, 9.17) is 0 Å². The molecule has 0 aromatic heterocycles. The van der Waals surface area contributed by atoms with Gasteiger partial charge in [0.25, 0.3) is 0 Å². The van der Waals surface area contributed by atoms with Crippen LogP contribution in [0.15, 0.2) is 65.6 Å². The van der Waals surface area contributed by atoms with E-state index in [1.54, 1.807) is 11.8 Å². The number of amides is 2. The fourth-order valence-corrected chi connectivity index (χ4v) is 3.98. The van der Waals surface area contributed by atoms with Gasteiger partial charge in [-0.25, -0.2) is 0 Å². The number of piperidine rings is 1. The van der Waals surface area contributed by atoms with Crippen molar-refractivity contribution in [2.75, 3.05) is 24.2 Å². The van der Waals surface area contributed by atoms with E-state index < -0.39 is 0 Å². The van der Waals surface area contributed by atoms with Crippen LogP contribution in [0.25, 0.3) is 0 Å². The molecule has 1 aliphatic heterocycles. The molecular formula is C21H24N2O2S. The van der Waals surface area contributed by atoms with Gasteiger partial charge >= 0.3 is 0 Å². The Labute approximate surface area is 159 Å². The minimum absolute atomic E-state index is 0.00682. The SMILES string of the molecule is O=C(Nc1ccccc1)C1CCCN(C(=O)CCSc2ccccc2)C1. The molecule has 0 aliphatic carbocycles. The molecule has 2 aromatic carbocycles. The smallest absolute Gasteiger partial charge is 0.229 e. The molecule has 1 atom stereocenters. The van der Waals surface area contributed by atoms with E-state index in [1.165, 1.54) is 4.90 Å². The number of thioether (sulfide) groups is 1. The van der Waals surface area contributed by atoms with Gasteiger partial charge in [-0.05, 0) is 37.1 Å². The van der Waals surface area contributed by atoms with Gasteiger partial charge < -0.3 is 10.2 Å². The molecule has 5 heteroatoms. The Bertz CT molecular complexity index is 721. The predicted octanol–water partition coefficient (Wildman–Crippen LogP) is 4.05. The first-order valence-electron chi connectivity index (χ1n) is 9.04. The van der Waals surface area contributed by atoms with E-state index >= 15 is 0 Å². The van der Waals surface area contributed by atoms with Crippen molar-refractivity contribution in [3.8, 4) is 0 Å². The molecule has 2 aromatic rings. The summed E-state index contributed by atoms with van der Waals surface area (Å²) in [5.41, 5.74) is 0.806. The Morgan fingerprint density at radius 3 is 2.46 bits per heavy atom. The van der Waals surface area contributed by atoms with Gasteiger partial charge in [0.15, 0.2) is 0 Å². The number of nitrogens with zero attached hydrogens (tertiary/aromatic N) is 1. The molecule has 0 spiro atoms. The zero-order valence-electron chi connectivity index (χ0n) is 14.8. The second-order valence-electron chi connectivity index (χ2n) is 6.45. The standard InChI is InChI=1S/C21H24N2O2S/c24-20(13-15-26-19-11-5-2-6-12-19)23-14-7-8-17(16-23)21(25)22-18-9-3-1-4-10-18/h1-6,9-12,17H,7-8,13-16H2,(H,22,25). The van der Waals surface area contributed by atoms with Crippen LogP contribution < -0.4 is 5.32 Å². The summed E-state index contributed by atoms with van der Waals surface area (Å²) in [6.45, 7) is 1.28. The number of benzene rings is 2. The van der Waals surface area contributed by atoms with E-state index in [0.717, 1.165) is 30.8 Å². The highest BCUT2D eigenvalue weighted by Crippen LogP contribution is 2.22. The van der Waals surface area contributed by atoms with Gasteiger partial charge in [-0.3, -0.25) is 9.59 Å². The van der Waals surface area contributed by atoms with Crippen LogP contribution in [0.2, 0.25) is 0 Å². The lowest BCUT2D eigenvalue weighted by Gasteiger charge is -2.32. The van der Waals surface area contributed by atoms with Crippen molar-refractivity contribution in [3.63, 3.8) is 0 Å². The zero-order chi connectivity index (χ0) is 18.2. The van der Waals surface area contributed by atoms with E-state index in [0.29, 0.717) is 13.0 Å². The van der Waals surface area contributed by atoms with Gasteiger partial charge in [0.1, 0.15) is 0 Å². The molecule has 3 rings (SSSR count). The van der Waals surface area contributed by atoms with Crippen molar-refractivity contribution in [2.24, 2.45) is 5.92 Å². The largest absolute Gasteiger partial charge is 0.342 e. The fourth-order valence-electron chi connectivity index (χ4n) is 3.11. The highest BCUT2D eigenvalue weighted by Gasteiger charge is 2.28. The normalized spacial score (nSPS) is 16.9. The number of carbonyl (C=O) groups excluding carboxylic acids is 2. The van der Waals surface area contributed by atoms with Crippen LogP contribution in [0.4, 0.5) is 5.69 Å². The molecule has 2 amide bonds. The number of hydrogen-bond donors (Lipinski definition) is 1. The summed E-state index contributed by atoms with van der Waals surface area (Å²) in [5.74, 6) is 0.785. The number of anilines is 1. The van der Waals surface area contributed by atoms with Gasteiger partial charge in [0.05, 0.1) is 5.92 Å². The van der Waals surface area contributed by atoms with Crippen LogP contribution in [-0.2, 0) is 9.59 Å². The maximum atomic E-state index is 12.5. The molecule has 1 aliphatic rings. The zero-order valence-corrected chi connectivity index (χ0v) is 15.6. The van der Waals surface area contributed by atoms with Gasteiger partial charge in [-0.15, -0.1) is 11.8 Å². The average molecular weight is 369 g/mol. The third-order valence-electron chi connectivity index (χ3n) is 4.51. The third-order valence-corrected chi connectivity index (χ3v) is 5.53. The predicted molar refractivity (Wildman–Crippen MR) is 106 cm³/mol. The summed E-state index contributed by atoms with van der Waals surface area (Å²) >= 11 is 1.69. The van der Waals surface area contributed by atoms with Gasteiger partial charge in [-0.1, -0.05) is 36.4 Å². The molecule has 26 heavy (non-hydrogen) atoms. The van der Waals surface area contributed by atoms with Crippen molar-refractivity contribution in [2.45, 2.75) is 24.2 Å². The lowest BCUT2D eigenvalue weighted by atomic mass is 9.96. The fraction of sp³-hybridized carbons (Fsp3) is 0.333. The lowest BCUT2D eigenvalue weighted by Crippen LogP contribution is -2.43. The number of carbonyl (C=O) groups is 2. The Balaban J connectivity index is 1.46. The van der Waals surface area contributed by atoms with Crippen molar-refractivity contribution < 1.29 is 9.59 Å². The molecular weight excluding hydrogens is 344 g/mol. The molecule has 136 valence electrons. The quantitative estimate of drug-likeness (QED) is 0.783. The number of likely N-dealkylation sites (tertiary alicyclic amines) is 1. The van der Waals surface area contributed by atoms with Crippen LogP contribution in [0.5, 0.6) is 0 Å². The molecule has 1 unspecified atom stereocenters. The van der Waals surface area contributed by atoms with E-state index in [2.05, 4.69) is 17.4 Å². The number of hydrogen-bond acceptors (Lipinski definition) is 3. The molecule has 1 saturated heterocycles. The van der Waals surface area contributed by atoms with Crippen molar-refractivity contribution in [1.82, 2.24) is 4.90 Å². The van der Waals surface area contributed by atoms with Crippen molar-refractivity contribution in [1.29, 1.82) is 0 Å². The Kier molecular flexibility index (Phi) is 6.72. The van der Waals surface area contributed by atoms with Crippen LogP contribution >= 0.6 is 11.8 Å². The summed E-state index contributed by atoms with van der Waals surface area (Å²) < 4.78 is 0. The summed E-state index contributed by atoms with van der Waals surface area (Å²) in [7, 11) is 0. The summed E-state index contributed by atoms with van der Waals surface area (Å²) in [4.78, 5) is 28.0. The van der Waals surface area contributed by atoms with Crippen LogP contribution in [0.1, 0.15) is 19.3 Å². The first-order chi connectivity index (χ1) is 12.7. The monoisotopic (exact) mass is 368 g/mol. The minimum atomic E-state index is -0.130. The van der Waals surface area contributed by atoms with Crippen molar-refractivity contribution in [3.05, 3.63) is 60.7 Å². The molecule has 0 bridgehead atoms. The Hall–Kier alpha value is -2.27. The summed E-state index contributed by atoms with van der Waals surface area (Å²) in [6, 6.07) is 19.6. The average Bonchev–Trinajstić information content (AvgIpc) is 2.69. The first kappa shape index (κ1) is 18.5. The molecule has 0 radical (unpaired) electrons.